The van der Waals surface area contributed by atoms with Gasteiger partial charge in [-0.1, -0.05) is 6.92 Å². The SMILES string of the molecule is CCN(CCOC)C(COCCOC)COCCOC. The molecule has 0 radical (unpaired) electrons. The van der Waals surface area contributed by atoms with Crippen LogP contribution in [-0.4, -0.2) is 91.6 Å². The van der Waals surface area contributed by atoms with Crippen LogP contribution >= 0.6 is 0 Å². The summed E-state index contributed by atoms with van der Waals surface area (Å²) in [5, 5.41) is 0. The minimum absolute atomic E-state index is 0.226. The first-order valence-electron chi connectivity index (χ1n) is 7.16. The molecule has 0 amide bonds. The Labute approximate surface area is 123 Å². The lowest BCUT2D eigenvalue weighted by Crippen LogP contribution is -2.44. The Bertz CT molecular complexity index is 182. The van der Waals surface area contributed by atoms with E-state index in [-0.39, 0.29) is 6.04 Å². The van der Waals surface area contributed by atoms with E-state index in [2.05, 4.69) is 11.8 Å². The van der Waals surface area contributed by atoms with Gasteiger partial charge in [-0.3, -0.25) is 4.90 Å². The molecule has 0 aliphatic carbocycles. The summed E-state index contributed by atoms with van der Waals surface area (Å²) < 4.78 is 26.4. The molecule has 0 aromatic heterocycles. The topological polar surface area (TPSA) is 49.4 Å². The molecule has 6 heteroatoms. The molecule has 0 N–H and O–H groups in total. The lowest BCUT2D eigenvalue weighted by atomic mass is 10.2. The summed E-state index contributed by atoms with van der Waals surface area (Å²) in [6, 6.07) is 0.226. The molecule has 0 spiro atoms. The molecule has 122 valence electrons. The molecule has 0 aliphatic heterocycles. The lowest BCUT2D eigenvalue weighted by Gasteiger charge is -2.30. The zero-order valence-electron chi connectivity index (χ0n) is 13.4. The molecule has 0 aliphatic rings. The third-order valence-corrected chi connectivity index (χ3v) is 2.99. The third-order valence-electron chi connectivity index (χ3n) is 2.99. The van der Waals surface area contributed by atoms with Gasteiger partial charge in [0.2, 0.25) is 0 Å². The highest BCUT2D eigenvalue weighted by Crippen LogP contribution is 2.02. The highest BCUT2D eigenvalue weighted by molar-refractivity contribution is 4.70. The number of nitrogens with zero attached hydrogens (tertiary/aromatic N) is 1. The molecule has 0 fully saturated rings. The monoisotopic (exact) mass is 293 g/mol. The highest BCUT2D eigenvalue weighted by Gasteiger charge is 2.17. The van der Waals surface area contributed by atoms with Crippen LogP contribution < -0.4 is 0 Å². The Kier molecular flexibility index (Phi) is 15.0. The van der Waals surface area contributed by atoms with E-state index in [1.54, 1.807) is 21.3 Å². The normalized spacial score (nSPS) is 11.7. The number of hydrogen-bond donors (Lipinski definition) is 0. The van der Waals surface area contributed by atoms with E-state index in [1.807, 2.05) is 0 Å². The molecule has 0 saturated carbocycles. The van der Waals surface area contributed by atoms with Crippen molar-refractivity contribution in [1.29, 1.82) is 0 Å². The van der Waals surface area contributed by atoms with Crippen LogP contribution in [0.1, 0.15) is 6.92 Å². The smallest absolute Gasteiger partial charge is 0.0701 e. The summed E-state index contributed by atoms with van der Waals surface area (Å²) in [5.74, 6) is 0. The maximum absolute atomic E-state index is 5.64. The molecular formula is C14H31NO5. The molecule has 0 aromatic carbocycles. The van der Waals surface area contributed by atoms with Crippen LogP contribution in [0, 0.1) is 0 Å². The van der Waals surface area contributed by atoms with Gasteiger partial charge in [-0.15, -0.1) is 0 Å². The Hall–Kier alpha value is -0.240. The average Bonchev–Trinajstić information content (AvgIpc) is 2.47. The molecule has 0 saturated heterocycles. The summed E-state index contributed by atoms with van der Waals surface area (Å²) in [6.07, 6.45) is 0. The van der Waals surface area contributed by atoms with Crippen molar-refractivity contribution in [3.63, 3.8) is 0 Å². The van der Waals surface area contributed by atoms with Crippen molar-refractivity contribution in [3.05, 3.63) is 0 Å². The fraction of sp³-hybridized carbons (Fsp3) is 1.00. The third kappa shape index (κ3) is 10.5. The quantitative estimate of drug-likeness (QED) is 0.413. The molecule has 0 rings (SSSR count). The van der Waals surface area contributed by atoms with Crippen LogP contribution in [0.4, 0.5) is 0 Å². The zero-order valence-corrected chi connectivity index (χ0v) is 13.4. The molecule has 20 heavy (non-hydrogen) atoms. The van der Waals surface area contributed by atoms with Crippen molar-refractivity contribution < 1.29 is 23.7 Å². The van der Waals surface area contributed by atoms with Gasteiger partial charge in [0.15, 0.2) is 0 Å². The number of methoxy groups -OCH3 is 3. The highest BCUT2D eigenvalue weighted by atomic mass is 16.5. The molecule has 0 aromatic rings. The van der Waals surface area contributed by atoms with Gasteiger partial charge in [0.25, 0.3) is 0 Å². The van der Waals surface area contributed by atoms with E-state index in [0.29, 0.717) is 46.2 Å². The van der Waals surface area contributed by atoms with Crippen molar-refractivity contribution in [2.75, 3.05) is 80.7 Å². The summed E-state index contributed by atoms with van der Waals surface area (Å²) in [7, 11) is 5.06. The minimum atomic E-state index is 0.226. The first-order chi connectivity index (χ1) is 9.79. The number of hydrogen-bond acceptors (Lipinski definition) is 6. The molecule has 0 heterocycles. The first kappa shape index (κ1) is 19.8. The fourth-order valence-electron chi connectivity index (χ4n) is 1.79. The average molecular weight is 293 g/mol. The summed E-state index contributed by atoms with van der Waals surface area (Å²) in [5.41, 5.74) is 0. The van der Waals surface area contributed by atoms with E-state index in [4.69, 9.17) is 23.7 Å². The summed E-state index contributed by atoms with van der Waals surface area (Å²) in [4.78, 5) is 2.31. The first-order valence-corrected chi connectivity index (χ1v) is 7.16. The zero-order chi connectivity index (χ0) is 15.1. The maximum atomic E-state index is 5.64. The molecule has 0 atom stereocenters. The fourth-order valence-corrected chi connectivity index (χ4v) is 1.79. The maximum Gasteiger partial charge on any atom is 0.0701 e. The standard InChI is InChI=1S/C14H31NO5/c1-5-15(6-7-16-2)14(12-19-10-8-17-3)13-20-11-9-18-4/h14H,5-13H2,1-4H3. The van der Waals surface area contributed by atoms with Gasteiger partial charge in [0.1, 0.15) is 0 Å². The van der Waals surface area contributed by atoms with Gasteiger partial charge in [-0.25, -0.2) is 0 Å². The van der Waals surface area contributed by atoms with E-state index in [1.165, 1.54) is 0 Å². The van der Waals surface area contributed by atoms with Gasteiger partial charge < -0.3 is 23.7 Å². The second-order valence-corrected chi connectivity index (χ2v) is 4.41. The van der Waals surface area contributed by atoms with Gasteiger partial charge in [-0.05, 0) is 6.54 Å². The van der Waals surface area contributed by atoms with Crippen LogP contribution in [0.25, 0.3) is 0 Å². The number of ether oxygens (including phenoxy) is 5. The van der Waals surface area contributed by atoms with Crippen molar-refractivity contribution in [3.8, 4) is 0 Å². The second kappa shape index (κ2) is 15.2. The lowest BCUT2D eigenvalue weighted by molar-refractivity contribution is -0.0199. The molecule has 6 nitrogen and oxygen atoms in total. The summed E-state index contributed by atoms with van der Waals surface area (Å²) >= 11 is 0. The minimum Gasteiger partial charge on any atom is -0.383 e. The Morgan fingerprint density at radius 2 is 1.25 bits per heavy atom. The van der Waals surface area contributed by atoms with E-state index < -0.39 is 0 Å². The van der Waals surface area contributed by atoms with Crippen LogP contribution in [-0.2, 0) is 23.7 Å². The van der Waals surface area contributed by atoms with Crippen LogP contribution in [0.15, 0.2) is 0 Å². The largest absolute Gasteiger partial charge is 0.383 e. The summed E-state index contributed by atoms with van der Waals surface area (Å²) in [6.45, 7) is 8.35. The van der Waals surface area contributed by atoms with Crippen molar-refractivity contribution in [1.82, 2.24) is 4.90 Å². The van der Waals surface area contributed by atoms with Crippen LogP contribution in [0.2, 0.25) is 0 Å². The van der Waals surface area contributed by atoms with E-state index in [9.17, 15) is 0 Å². The molecule has 0 bridgehead atoms. The van der Waals surface area contributed by atoms with Crippen molar-refractivity contribution in [2.24, 2.45) is 0 Å². The van der Waals surface area contributed by atoms with Crippen molar-refractivity contribution >= 4 is 0 Å². The Balaban J connectivity index is 4.11. The Morgan fingerprint density at radius 3 is 1.65 bits per heavy atom. The second-order valence-electron chi connectivity index (χ2n) is 4.41. The number of rotatable bonds is 15. The van der Waals surface area contributed by atoms with Gasteiger partial charge in [0.05, 0.1) is 52.3 Å². The van der Waals surface area contributed by atoms with E-state index >= 15 is 0 Å². The number of likely N-dealkylation sites (N-methyl/N-ethyl adjacent to an activating group) is 1. The predicted octanol–water partition coefficient (Wildman–Crippen LogP) is 0.649. The molecule has 0 unspecified atom stereocenters. The predicted molar refractivity (Wildman–Crippen MR) is 78.3 cm³/mol. The molecular weight excluding hydrogens is 262 g/mol. The van der Waals surface area contributed by atoms with Crippen LogP contribution in [0.3, 0.4) is 0 Å². The van der Waals surface area contributed by atoms with E-state index in [0.717, 1.165) is 13.1 Å². The van der Waals surface area contributed by atoms with Gasteiger partial charge in [-0.2, -0.15) is 0 Å². The van der Waals surface area contributed by atoms with Crippen molar-refractivity contribution in [2.45, 2.75) is 13.0 Å². The van der Waals surface area contributed by atoms with Gasteiger partial charge in [0, 0.05) is 27.9 Å². The van der Waals surface area contributed by atoms with Gasteiger partial charge >= 0.3 is 0 Å². The Morgan fingerprint density at radius 1 is 0.750 bits per heavy atom. The van der Waals surface area contributed by atoms with Crippen LogP contribution in [0.5, 0.6) is 0 Å².